The van der Waals surface area contributed by atoms with E-state index in [2.05, 4.69) is 14.8 Å². The lowest BCUT2D eigenvalue weighted by molar-refractivity contribution is 0.338. The smallest absolute Gasteiger partial charge is 0.319 e. The van der Waals surface area contributed by atoms with E-state index in [1.165, 1.54) is 0 Å². The second-order valence-corrected chi connectivity index (χ2v) is 3.33. The zero-order valence-electron chi connectivity index (χ0n) is 8.08. The molecule has 0 fully saturated rings. The van der Waals surface area contributed by atoms with E-state index < -0.39 is 0 Å². The molecule has 2 aromatic rings. The summed E-state index contributed by atoms with van der Waals surface area (Å²) in [6, 6.07) is 7.35. The van der Waals surface area contributed by atoms with Gasteiger partial charge in [0.2, 0.25) is 0 Å². The average molecular weight is 223 g/mol. The minimum atomic E-state index is 0.420. The Hall–Kier alpha value is -1.69. The van der Waals surface area contributed by atoms with Crippen LogP contribution in [0.3, 0.4) is 0 Å². The first-order valence-corrected chi connectivity index (χ1v) is 5.21. The van der Waals surface area contributed by atoms with Gasteiger partial charge in [0.25, 0.3) is 0 Å². The van der Waals surface area contributed by atoms with E-state index in [-0.39, 0.29) is 0 Å². The molecule has 0 amide bonds. The van der Waals surface area contributed by atoms with Crippen LogP contribution in [0.25, 0.3) is 0 Å². The van der Waals surface area contributed by atoms with Crippen molar-refractivity contribution in [1.82, 2.24) is 14.8 Å². The number of ether oxygens (including phenoxy) is 2. The van der Waals surface area contributed by atoms with E-state index >= 15 is 0 Å². The second-order valence-electron chi connectivity index (χ2n) is 2.64. The van der Waals surface area contributed by atoms with Gasteiger partial charge in [-0.25, -0.2) is 0 Å². The Kier molecular flexibility index (Phi) is 3.08. The molecule has 2 rings (SSSR count). The molecule has 0 saturated carbocycles. The van der Waals surface area contributed by atoms with Gasteiger partial charge in [0.15, 0.2) is 0 Å². The number of hydrogen-bond donors (Lipinski definition) is 0. The Labute approximate surface area is 90.8 Å². The fraction of sp³-hybridized carbons (Fsp3) is 0.222. The molecule has 0 radical (unpaired) electrons. The van der Waals surface area contributed by atoms with Gasteiger partial charge in [-0.05, 0) is 24.3 Å². The molecular weight excluding hydrogens is 214 g/mol. The van der Waals surface area contributed by atoms with E-state index in [0.29, 0.717) is 17.6 Å². The molecule has 6 heteroatoms. The van der Waals surface area contributed by atoms with Crippen molar-refractivity contribution in [3.63, 3.8) is 0 Å². The summed E-state index contributed by atoms with van der Waals surface area (Å²) in [6.07, 6.45) is 0. The quantitative estimate of drug-likeness (QED) is 0.794. The van der Waals surface area contributed by atoms with E-state index in [4.69, 9.17) is 9.47 Å². The minimum absolute atomic E-state index is 0.420. The monoisotopic (exact) mass is 223 g/mol. The molecule has 0 aliphatic rings. The van der Waals surface area contributed by atoms with Crippen LogP contribution in [0.15, 0.2) is 24.3 Å². The molecule has 78 valence electrons. The highest BCUT2D eigenvalue weighted by Gasteiger charge is 2.02. The standard InChI is InChI=1S/C9H9N3O2S/c1-2-13-7-4-3-5-8(6-7)14-9-10-11-12-15-9/h3-6H,2H2,1H3. The molecule has 0 saturated heterocycles. The Morgan fingerprint density at radius 2 is 2.20 bits per heavy atom. The van der Waals surface area contributed by atoms with Gasteiger partial charge in [-0.1, -0.05) is 15.7 Å². The van der Waals surface area contributed by atoms with Crippen molar-refractivity contribution in [2.45, 2.75) is 6.92 Å². The maximum atomic E-state index is 5.41. The number of aromatic nitrogens is 3. The van der Waals surface area contributed by atoms with E-state index in [9.17, 15) is 0 Å². The topological polar surface area (TPSA) is 57.1 Å². The molecule has 1 heterocycles. The Morgan fingerprint density at radius 3 is 2.93 bits per heavy atom. The first kappa shape index (κ1) is 9.85. The minimum Gasteiger partial charge on any atom is -0.494 e. The fourth-order valence-corrected chi connectivity index (χ4v) is 1.41. The van der Waals surface area contributed by atoms with Crippen LogP contribution < -0.4 is 9.47 Å². The summed E-state index contributed by atoms with van der Waals surface area (Å²) in [5, 5.41) is 7.54. The van der Waals surface area contributed by atoms with Gasteiger partial charge < -0.3 is 9.47 Å². The highest BCUT2D eigenvalue weighted by Crippen LogP contribution is 2.24. The summed E-state index contributed by atoms with van der Waals surface area (Å²) in [5.41, 5.74) is 0. The van der Waals surface area contributed by atoms with Gasteiger partial charge in [-0.3, -0.25) is 0 Å². The van der Waals surface area contributed by atoms with Crippen LogP contribution in [0.4, 0.5) is 0 Å². The number of rotatable bonds is 4. The predicted molar refractivity (Wildman–Crippen MR) is 55.4 cm³/mol. The molecule has 0 atom stereocenters. The summed E-state index contributed by atoms with van der Waals surface area (Å²) in [6.45, 7) is 2.56. The van der Waals surface area contributed by atoms with Crippen LogP contribution >= 0.6 is 11.5 Å². The highest BCUT2D eigenvalue weighted by atomic mass is 32.1. The Balaban J connectivity index is 2.11. The zero-order chi connectivity index (χ0) is 10.5. The summed E-state index contributed by atoms with van der Waals surface area (Å²) in [5.74, 6) is 1.44. The third-order valence-electron chi connectivity index (χ3n) is 1.60. The lowest BCUT2D eigenvalue weighted by Crippen LogP contribution is -1.91. The maximum absolute atomic E-state index is 5.41. The van der Waals surface area contributed by atoms with Gasteiger partial charge in [-0.2, -0.15) is 0 Å². The number of nitrogens with zero attached hydrogens (tertiary/aromatic N) is 3. The lowest BCUT2D eigenvalue weighted by atomic mass is 10.3. The summed E-state index contributed by atoms with van der Waals surface area (Å²) in [4.78, 5) is 0. The molecule has 0 unspecified atom stereocenters. The third kappa shape index (κ3) is 2.63. The zero-order valence-corrected chi connectivity index (χ0v) is 8.90. The van der Waals surface area contributed by atoms with Crippen LogP contribution in [0.1, 0.15) is 6.92 Å². The molecule has 0 spiro atoms. The molecular formula is C9H9N3O2S. The van der Waals surface area contributed by atoms with Crippen molar-refractivity contribution in [1.29, 1.82) is 0 Å². The van der Waals surface area contributed by atoms with Crippen molar-refractivity contribution in [3.05, 3.63) is 24.3 Å². The maximum Gasteiger partial charge on any atom is 0.319 e. The average Bonchev–Trinajstić information content (AvgIpc) is 2.71. The van der Waals surface area contributed by atoms with Gasteiger partial charge >= 0.3 is 5.19 Å². The number of benzene rings is 1. The van der Waals surface area contributed by atoms with E-state index in [0.717, 1.165) is 17.3 Å². The van der Waals surface area contributed by atoms with Crippen molar-refractivity contribution < 1.29 is 9.47 Å². The molecule has 1 aromatic heterocycles. The van der Waals surface area contributed by atoms with E-state index in [1.807, 2.05) is 25.1 Å². The van der Waals surface area contributed by atoms with Crippen LogP contribution in [0.5, 0.6) is 16.7 Å². The van der Waals surface area contributed by atoms with Gasteiger partial charge in [-0.15, -0.1) is 0 Å². The van der Waals surface area contributed by atoms with Crippen LogP contribution in [-0.4, -0.2) is 21.4 Å². The number of hydrogen-bond acceptors (Lipinski definition) is 6. The van der Waals surface area contributed by atoms with Crippen LogP contribution in [0, 0.1) is 0 Å². The Bertz CT molecular complexity index is 419. The molecule has 0 N–H and O–H groups in total. The highest BCUT2D eigenvalue weighted by molar-refractivity contribution is 7.07. The first-order valence-electron chi connectivity index (χ1n) is 4.44. The Morgan fingerprint density at radius 1 is 1.33 bits per heavy atom. The lowest BCUT2D eigenvalue weighted by Gasteiger charge is -2.04. The van der Waals surface area contributed by atoms with Crippen LogP contribution in [-0.2, 0) is 0 Å². The molecule has 1 aromatic carbocycles. The van der Waals surface area contributed by atoms with Crippen molar-refractivity contribution in [3.8, 4) is 16.7 Å². The normalized spacial score (nSPS) is 9.93. The summed E-state index contributed by atoms with van der Waals surface area (Å²) in [7, 11) is 0. The van der Waals surface area contributed by atoms with Crippen LogP contribution in [0.2, 0.25) is 0 Å². The van der Waals surface area contributed by atoms with Crippen molar-refractivity contribution in [2.24, 2.45) is 0 Å². The predicted octanol–water partition coefficient (Wildman–Crippen LogP) is 2.12. The molecule has 0 aliphatic heterocycles. The third-order valence-corrected chi connectivity index (χ3v) is 2.08. The van der Waals surface area contributed by atoms with Gasteiger partial charge in [0, 0.05) is 17.6 Å². The van der Waals surface area contributed by atoms with Gasteiger partial charge in [0.05, 0.1) is 6.61 Å². The second kappa shape index (κ2) is 4.70. The molecule has 15 heavy (non-hydrogen) atoms. The molecule has 5 nitrogen and oxygen atoms in total. The first-order chi connectivity index (χ1) is 7.38. The van der Waals surface area contributed by atoms with Crippen molar-refractivity contribution in [2.75, 3.05) is 6.61 Å². The summed E-state index contributed by atoms with van der Waals surface area (Å²) >= 11 is 1.10. The van der Waals surface area contributed by atoms with Crippen molar-refractivity contribution >= 4 is 11.5 Å². The summed E-state index contributed by atoms with van der Waals surface area (Å²) < 4.78 is 14.3. The van der Waals surface area contributed by atoms with E-state index in [1.54, 1.807) is 6.07 Å². The van der Waals surface area contributed by atoms with Gasteiger partial charge in [0.1, 0.15) is 11.5 Å². The SMILES string of the molecule is CCOc1cccc(Oc2nnns2)c1. The molecule has 0 aliphatic carbocycles. The largest absolute Gasteiger partial charge is 0.494 e. The fourth-order valence-electron chi connectivity index (χ4n) is 1.06. The molecule has 0 bridgehead atoms.